The second kappa shape index (κ2) is 7.39. The summed E-state index contributed by atoms with van der Waals surface area (Å²) in [5.41, 5.74) is 3.14. The number of halogens is 1. The predicted molar refractivity (Wildman–Crippen MR) is 121 cm³/mol. The molecule has 0 aliphatic carbocycles. The van der Waals surface area contributed by atoms with Gasteiger partial charge in [0.1, 0.15) is 11.3 Å². The van der Waals surface area contributed by atoms with Crippen molar-refractivity contribution in [3.05, 3.63) is 109 Å². The summed E-state index contributed by atoms with van der Waals surface area (Å²) in [6.07, 6.45) is 0. The maximum absolute atomic E-state index is 13.5. The zero-order chi connectivity index (χ0) is 21.7. The number of carbonyl (C=O) groups is 1. The second-order valence-electron chi connectivity index (χ2n) is 7.73. The average molecular weight is 476 g/mol. The molecule has 0 unspecified atom stereocenters. The number of hydrogen-bond acceptors (Lipinski definition) is 4. The molecule has 6 heteroatoms. The number of fused-ring (bicyclic) bond motifs is 2. The molecule has 1 aliphatic heterocycles. The Labute approximate surface area is 186 Å². The Morgan fingerprint density at radius 3 is 2.55 bits per heavy atom. The van der Waals surface area contributed by atoms with Gasteiger partial charge in [0.25, 0.3) is 5.91 Å². The molecule has 1 atom stereocenters. The smallest absolute Gasteiger partial charge is 0.291 e. The van der Waals surface area contributed by atoms with Gasteiger partial charge in [-0.2, -0.15) is 0 Å². The minimum absolute atomic E-state index is 0.0558. The fourth-order valence-corrected chi connectivity index (χ4v) is 4.45. The first kappa shape index (κ1) is 19.6. The van der Waals surface area contributed by atoms with Crippen LogP contribution in [0.1, 0.15) is 38.9 Å². The highest BCUT2D eigenvalue weighted by atomic mass is 79.9. The lowest BCUT2D eigenvalue weighted by atomic mass is 9.98. The van der Waals surface area contributed by atoms with Crippen LogP contribution in [0.4, 0.5) is 0 Å². The molecule has 31 heavy (non-hydrogen) atoms. The van der Waals surface area contributed by atoms with Crippen LogP contribution in [-0.2, 0) is 6.54 Å². The maximum atomic E-state index is 13.5. The van der Waals surface area contributed by atoms with Crippen LogP contribution in [0.5, 0.6) is 5.75 Å². The number of phenols is 1. The van der Waals surface area contributed by atoms with E-state index in [1.807, 2.05) is 31.2 Å². The van der Waals surface area contributed by atoms with Crippen molar-refractivity contribution in [2.24, 2.45) is 0 Å². The Morgan fingerprint density at radius 1 is 1.03 bits per heavy atom. The second-order valence-corrected chi connectivity index (χ2v) is 8.65. The van der Waals surface area contributed by atoms with Gasteiger partial charge in [-0.15, -0.1) is 0 Å². The molecule has 1 aromatic heterocycles. The van der Waals surface area contributed by atoms with Crippen LogP contribution in [-0.4, -0.2) is 15.9 Å². The molecule has 1 aliphatic rings. The molecule has 0 radical (unpaired) electrons. The van der Waals surface area contributed by atoms with E-state index < -0.39 is 6.04 Å². The predicted octanol–water partition coefficient (Wildman–Crippen LogP) is 5.31. The lowest BCUT2D eigenvalue weighted by Gasteiger charge is -2.25. The third-order valence-electron chi connectivity index (χ3n) is 5.59. The molecule has 3 aromatic carbocycles. The molecule has 0 fully saturated rings. The average Bonchev–Trinajstić information content (AvgIpc) is 3.02. The Kier molecular flexibility index (Phi) is 4.67. The highest BCUT2D eigenvalue weighted by Crippen LogP contribution is 2.40. The van der Waals surface area contributed by atoms with Gasteiger partial charge in [-0.05, 0) is 48.4 Å². The van der Waals surface area contributed by atoms with Crippen molar-refractivity contribution in [2.75, 3.05) is 0 Å². The molecule has 154 valence electrons. The third-order valence-corrected chi connectivity index (χ3v) is 6.08. The molecule has 1 amide bonds. The van der Waals surface area contributed by atoms with Crippen LogP contribution < -0.4 is 5.43 Å². The van der Waals surface area contributed by atoms with Crippen LogP contribution in [0.3, 0.4) is 0 Å². The van der Waals surface area contributed by atoms with Gasteiger partial charge in [0.15, 0.2) is 5.43 Å². The zero-order valence-electron chi connectivity index (χ0n) is 16.6. The first-order valence-electron chi connectivity index (χ1n) is 9.84. The third kappa shape index (κ3) is 3.33. The van der Waals surface area contributed by atoms with Crippen molar-refractivity contribution in [2.45, 2.75) is 19.5 Å². The molecule has 0 saturated heterocycles. The first-order valence-corrected chi connectivity index (χ1v) is 10.6. The lowest BCUT2D eigenvalue weighted by Crippen LogP contribution is -2.29. The lowest BCUT2D eigenvalue weighted by molar-refractivity contribution is 0.0714. The number of rotatable bonds is 3. The highest BCUT2D eigenvalue weighted by molar-refractivity contribution is 9.10. The number of aromatic hydroxyl groups is 1. The van der Waals surface area contributed by atoms with Gasteiger partial charge in [0.05, 0.1) is 17.0 Å². The van der Waals surface area contributed by atoms with E-state index in [0.717, 1.165) is 15.6 Å². The molecule has 0 saturated carbocycles. The fourth-order valence-electron chi connectivity index (χ4n) is 4.09. The molecule has 0 bridgehead atoms. The Morgan fingerprint density at radius 2 is 1.81 bits per heavy atom. The number of phenolic OH excluding ortho intramolecular Hbond substituents is 1. The minimum atomic E-state index is -0.657. The molecule has 4 aromatic rings. The van der Waals surface area contributed by atoms with E-state index in [-0.39, 0.29) is 22.8 Å². The van der Waals surface area contributed by atoms with E-state index in [0.29, 0.717) is 28.6 Å². The Bertz CT molecular complexity index is 1390. The van der Waals surface area contributed by atoms with Gasteiger partial charge >= 0.3 is 0 Å². The first-order chi connectivity index (χ1) is 14.9. The summed E-state index contributed by atoms with van der Waals surface area (Å²) < 4.78 is 6.70. The van der Waals surface area contributed by atoms with Gasteiger partial charge in [0.2, 0.25) is 5.76 Å². The van der Waals surface area contributed by atoms with Crippen molar-refractivity contribution in [3.8, 4) is 5.75 Å². The SMILES string of the molecule is Cc1ccc(CN2C(=O)c3oc4ccc(Br)cc4c(=O)c3[C@H]2c2cccc(O)c2)cc1. The highest BCUT2D eigenvalue weighted by Gasteiger charge is 2.42. The summed E-state index contributed by atoms with van der Waals surface area (Å²) in [5.74, 6) is -0.215. The fraction of sp³-hybridized carbons (Fsp3) is 0.120. The van der Waals surface area contributed by atoms with Crippen molar-refractivity contribution in [1.29, 1.82) is 0 Å². The van der Waals surface area contributed by atoms with Crippen molar-refractivity contribution in [1.82, 2.24) is 4.90 Å². The molecule has 5 rings (SSSR count). The van der Waals surface area contributed by atoms with Crippen molar-refractivity contribution >= 4 is 32.8 Å². The quantitative estimate of drug-likeness (QED) is 0.435. The summed E-state index contributed by atoms with van der Waals surface area (Å²) in [7, 11) is 0. The van der Waals surface area contributed by atoms with Gasteiger partial charge in [-0.25, -0.2) is 0 Å². The number of amides is 1. The molecule has 1 N–H and O–H groups in total. The normalized spacial score (nSPS) is 15.5. The maximum Gasteiger partial charge on any atom is 0.291 e. The largest absolute Gasteiger partial charge is 0.508 e. The monoisotopic (exact) mass is 475 g/mol. The van der Waals surface area contributed by atoms with Crippen LogP contribution in [0.2, 0.25) is 0 Å². The van der Waals surface area contributed by atoms with E-state index in [1.165, 1.54) is 0 Å². The number of benzene rings is 3. The summed E-state index contributed by atoms with van der Waals surface area (Å²) in [6.45, 7) is 2.31. The van der Waals surface area contributed by atoms with Gasteiger partial charge < -0.3 is 14.4 Å². The van der Waals surface area contributed by atoms with Crippen LogP contribution >= 0.6 is 15.9 Å². The zero-order valence-corrected chi connectivity index (χ0v) is 18.2. The van der Waals surface area contributed by atoms with E-state index >= 15 is 0 Å². The molecular weight excluding hydrogens is 458 g/mol. The summed E-state index contributed by atoms with van der Waals surface area (Å²) in [5, 5.41) is 10.5. The standard InChI is InChI=1S/C25H18BrNO4/c1-14-5-7-15(8-6-14)13-27-22(16-3-2-4-18(28)11-16)21-23(29)19-12-17(26)9-10-20(19)31-24(21)25(27)30/h2-12,22,28H,13H2,1H3/t22-/m1/s1. The van der Waals surface area contributed by atoms with Crippen molar-refractivity contribution < 1.29 is 14.3 Å². The van der Waals surface area contributed by atoms with E-state index in [2.05, 4.69) is 15.9 Å². The van der Waals surface area contributed by atoms with E-state index in [4.69, 9.17) is 4.42 Å². The number of aryl methyl sites for hydroxylation is 1. The summed E-state index contributed by atoms with van der Waals surface area (Å²) in [6, 6.07) is 19.1. The van der Waals surface area contributed by atoms with Crippen LogP contribution in [0.15, 0.2) is 80.4 Å². The molecular formula is C25H18BrNO4. The van der Waals surface area contributed by atoms with Gasteiger partial charge in [-0.1, -0.05) is 57.9 Å². The van der Waals surface area contributed by atoms with E-state index in [1.54, 1.807) is 47.4 Å². The Balaban J connectivity index is 1.73. The number of hydrogen-bond donors (Lipinski definition) is 1. The topological polar surface area (TPSA) is 70.8 Å². The van der Waals surface area contributed by atoms with Crippen molar-refractivity contribution in [3.63, 3.8) is 0 Å². The van der Waals surface area contributed by atoms with Crippen LogP contribution in [0.25, 0.3) is 11.0 Å². The minimum Gasteiger partial charge on any atom is -0.508 e. The molecule has 2 heterocycles. The van der Waals surface area contributed by atoms with E-state index in [9.17, 15) is 14.7 Å². The number of nitrogens with zero attached hydrogens (tertiary/aromatic N) is 1. The summed E-state index contributed by atoms with van der Waals surface area (Å²) >= 11 is 3.40. The van der Waals surface area contributed by atoms with Gasteiger partial charge in [0, 0.05) is 11.0 Å². The molecule has 0 spiro atoms. The Hall–Kier alpha value is -3.38. The summed E-state index contributed by atoms with van der Waals surface area (Å²) in [4.78, 5) is 28.6. The molecule has 5 nitrogen and oxygen atoms in total. The van der Waals surface area contributed by atoms with Crippen LogP contribution in [0, 0.1) is 6.92 Å². The van der Waals surface area contributed by atoms with Gasteiger partial charge in [-0.3, -0.25) is 9.59 Å². The number of carbonyl (C=O) groups excluding carboxylic acids is 1.